The minimum absolute atomic E-state index is 0.0541. The van der Waals surface area contributed by atoms with Gasteiger partial charge in [0.15, 0.2) is 0 Å². The summed E-state index contributed by atoms with van der Waals surface area (Å²) in [7, 11) is 1.58. The van der Waals surface area contributed by atoms with Crippen molar-refractivity contribution in [3.05, 3.63) is 83.4 Å². The molecule has 156 valence electrons. The molecule has 1 aliphatic carbocycles. The number of rotatable bonds is 5. The van der Waals surface area contributed by atoms with Crippen LogP contribution in [0.15, 0.2) is 66.7 Å². The van der Waals surface area contributed by atoms with E-state index in [0.29, 0.717) is 31.0 Å². The molecule has 31 heavy (non-hydrogen) atoms. The lowest BCUT2D eigenvalue weighted by Crippen LogP contribution is -2.26. The number of carbonyl (C=O) groups excluding carboxylic acids is 1. The van der Waals surface area contributed by atoms with E-state index < -0.39 is 6.09 Å². The number of hydrogen-bond donors (Lipinski definition) is 2. The van der Waals surface area contributed by atoms with Gasteiger partial charge < -0.3 is 20.5 Å². The number of hydrogen-bond acceptors (Lipinski definition) is 4. The largest absolute Gasteiger partial charge is 0.495 e. The number of amides is 1. The number of benzene rings is 3. The van der Waals surface area contributed by atoms with Gasteiger partial charge in [0.2, 0.25) is 0 Å². The van der Waals surface area contributed by atoms with Crippen LogP contribution < -0.4 is 15.8 Å². The summed E-state index contributed by atoms with van der Waals surface area (Å²) in [5, 5.41) is 2.76. The fraction of sp³-hybridized carbons (Fsp3) is 0.192. The molecule has 0 bridgehead atoms. The lowest BCUT2D eigenvalue weighted by Gasteiger charge is -2.14. The van der Waals surface area contributed by atoms with Gasteiger partial charge in [-0.25, -0.2) is 4.79 Å². The molecule has 5 nitrogen and oxygen atoms in total. The summed E-state index contributed by atoms with van der Waals surface area (Å²) in [6.07, 6.45) is 0.0770. The van der Waals surface area contributed by atoms with Gasteiger partial charge in [-0.2, -0.15) is 0 Å². The van der Waals surface area contributed by atoms with Crippen molar-refractivity contribution in [3.63, 3.8) is 0 Å². The molecule has 0 atom stereocenters. The summed E-state index contributed by atoms with van der Waals surface area (Å²) in [6, 6.07) is 21.9. The summed E-state index contributed by atoms with van der Waals surface area (Å²) in [4.78, 5) is 12.2. The van der Waals surface area contributed by atoms with Gasteiger partial charge in [0, 0.05) is 24.4 Å². The van der Waals surface area contributed by atoms with Crippen molar-refractivity contribution in [2.24, 2.45) is 0 Å². The number of nitrogen functional groups attached to an aromatic ring is 1. The van der Waals surface area contributed by atoms with E-state index in [-0.39, 0.29) is 5.92 Å². The standard InChI is InChI=1S/C26H24N2O3/c1-30-25-14-13-18(16-24(25)27)8-6-7-15-28-26(29)31-17-23-21-11-4-2-9-19(21)20-10-3-5-12-22(20)23/h2-5,9-14,16,23H,7,15,17,27H2,1H3,(H,28,29). The van der Waals surface area contributed by atoms with E-state index in [1.807, 2.05) is 30.3 Å². The third-order valence-electron chi connectivity index (χ3n) is 5.33. The predicted octanol–water partition coefficient (Wildman–Crippen LogP) is 4.56. The highest BCUT2D eigenvalue weighted by Crippen LogP contribution is 2.44. The maximum atomic E-state index is 12.2. The highest BCUT2D eigenvalue weighted by Gasteiger charge is 2.28. The van der Waals surface area contributed by atoms with Crippen molar-refractivity contribution in [1.82, 2.24) is 5.32 Å². The molecular weight excluding hydrogens is 388 g/mol. The Morgan fingerprint density at radius 3 is 2.35 bits per heavy atom. The minimum atomic E-state index is -0.433. The molecule has 5 heteroatoms. The third-order valence-corrected chi connectivity index (χ3v) is 5.33. The van der Waals surface area contributed by atoms with Gasteiger partial charge in [0.05, 0.1) is 12.8 Å². The van der Waals surface area contributed by atoms with Crippen LogP contribution in [0.2, 0.25) is 0 Å². The number of methoxy groups -OCH3 is 1. The summed E-state index contributed by atoms with van der Waals surface area (Å²) < 4.78 is 10.7. The van der Waals surface area contributed by atoms with Crippen LogP contribution in [0, 0.1) is 11.8 Å². The number of fused-ring (bicyclic) bond motifs is 3. The molecule has 0 aromatic heterocycles. The first kappa shape index (κ1) is 20.4. The van der Waals surface area contributed by atoms with Gasteiger partial charge in [0.1, 0.15) is 12.4 Å². The first-order chi connectivity index (χ1) is 15.2. The monoisotopic (exact) mass is 412 g/mol. The van der Waals surface area contributed by atoms with Gasteiger partial charge in [-0.1, -0.05) is 60.4 Å². The Morgan fingerprint density at radius 2 is 1.71 bits per heavy atom. The first-order valence-electron chi connectivity index (χ1n) is 10.2. The number of alkyl carbamates (subject to hydrolysis) is 1. The number of nitrogens with two attached hydrogens (primary N) is 1. The van der Waals surface area contributed by atoms with Crippen molar-refractivity contribution in [3.8, 4) is 28.7 Å². The van der Waals surface area contributed by atoms with Gasteiger partial charge in [0.25, 0.3) is 0 Å². The second kappa shape index (κ2) is 9.27. The molecule has 4 rings (SSSR count). The van der Waals surface area contributed by atoms with E-state index in [1.165, 1.54) is 22.3 Å². The van der Waals surface area contributed by atoms with Crippen LogP contribution in [0.25, 0.3) is 11.1 Å². The summed E-state index contributed by atoms with van der Waals surface area (Å²) in [6.45, 7) is 0.714. The Kier molecular flexibility index (Phi) is 6.09. The van der Waals surface area contributed by atoms with Crippen LogP contribution in [-0.2, 0) is 4.74 Å². The minimum Gasteiger partial charge on any atom is -0.495 e. The van der Waals surface area contributed by atoms with Crippen LogP contribution in [0.3, 0.4) is 0 Å². The second-order valence-corrected chi connectivity index (χ2v) is 7.26. The normalized spacial score (nSPS) is 11.6. The molecular formula is C26H24N2O3. The first-order valence-corrected chi connectivity index (χ1v) is 10.2. The Hall–Kier alpha value is -3.91. The lowest BCUT2D eigenvalue weighted by molar-refractivity contribution is 0.143. The number of ether oxygens (including phenoxy) is 2. The maximum absolute atomic E-state index is 12.2. The molecule has 1 aliphatic rings. The molecule has 0 aliphatic heterocycles. The van der Waals surface area contributed by atoms with Crippen molar-refractivity contribution in [2.45, 2.75) is 12.3 Å². The van der Waals surface area contributed by atoms with Crippen molar-refractivity contribution in [2.75, 3.05) is 26.0 Å². The molecule has 0 heterocycles. The molecule has 0 fully saturated rings. The summed E-state index contributed by atoms with van der Waals surface area (Å²) in [5.41, 5.74) is 12.0. The summed E-state index contributed by atoms with van der Waals surface area (Å²) >= 11 is 0. The number of nitrogens with one attached hydrogen (secondary N) is 1. The molecule has 0 unspecified atom stereocenters. The Morgan fingerprint density at radius 1 is 1.03 bits per heavy atom. The van der Waals surface area contributed by atoms with Gasteiger partial charge >= 0.3 is 6.09 Å². The Bertz CT molecular complexity index is 1120. The van der Waals surface area contributed by atoms with Crippen molar-refractivity contribution < 1.29 is 14.3 Å². The molecule has 0 spiro atoms. The fourth-order valence-electron chi connectivity index (χ4n) is 3.85. The summed E-state index contributed by atoms with van der Waals surface area (Å²) in [5.74, 6) is 6.74. The van der Waals surface area contributed by atoms with E-state index in [0.717, 1.165) is 5.56 Å². The maximum Gasteiger partial charge on any atom is 0.407 e. The van der Waals surface area contributed by atoms with Crippen molar-refractivity contribution >= 4 is 11.8 Å². The highest BCUT2D eigenvalue weighted by molar-refractivity contribution is 5.79. The van der Waals surface area contributed by atoms with E-state index >= 15 is 0 Å². The van der Waals surface area contributed by atoms with E-state index in [1.54, 1.807) is 19.2 Å². The molecule has 0 saturated heterocycles. The van der Waals surface area contributed by atoms with Gasteiger partial charge in [-0.05, 0) is 40.5 Å². The van der Waals surface area contributed by atoms with Crippen LogP contribution in [0.1, 0.15) is 29.0 Å². The SMILES string of the molecule is COc1ccc(C#CCCNC(=O)OCC2c3ccccc3-c3ccccc32)cc1N. The molecule has 3 N–H and O–H groups in total. The molecule has 1 amide bonds. The van der Waals surface area contributed by atoms with E-state index in [9.17, 15) is 4.79 Å². The smallest absolute Gasteiger partial charge is 0.407 e. The molecule has 3 aromatic carbocycles. The van der Waals surface area contributed by atoms with Crippen LogP contribution in [0.4, 0.5) is 10.5 Å². The average molecular weight is 412 g/mol. The van der Waals surface area contributed by atoms with Gasteiger partial charge in [-0.15, -0.1) is 0 Å². The zero-order chi connectivity index (χ0) is 21.6. The zero-order valence-electron chi connectivity index (χ0n) is 17.4. The van der Waals surface area contributed by atoms with E-state index in [4.69, 9.17) is 15.2 Å². The van der Waals surface area contributed by atoms with Crippen molar-refractivity contribution in [1.29, 1.82) is 0 Å². The van der Waals surface area contributed by atoms with Crippen LogP contribution in [-0.4, -0.2) is 26.4 Å². The quantitative estimate of drug-likeness (QED) is 0.366. The van der Waals surface area contributed by atoms with Gasteiger partial charge in [-0.3, -0.25) is 0 Å². The Labute approximate surface area is 182 Å². The zero-order valence-corrected chi connectivity index (χ0v) is 17.4. The molecule has 3 aromatic rings. The number of anilines is 1. The fourth-order valence-corrected chi connectivity index (χ4v) is 3.85. The topological polar surface area (TPSA) is 73.6 Å². The predicted molar refractivity (Wildman–Crippen MR) is 122 cm³/mol. The second-order valence-electron chi connectivity index (χ2n) is 7.26. The lowest BCUT2D eigenvalue weighted by atomic mass is 9.98. The van der Waals surface area contributed by atoms with Crippen LogP contribution in [0.5, 0.6) is 5.75 Å². The molecule has 0 saturated carbocycles. The average Bonchev–Trinajstić information content (AvgIpc) is 3.11. The van der Waals surface area contributed by atoms with Crippen LogP contribution >= 0.6 is 0 Å². The third kappa shape index (κ3) is 4.49. The Balaban J connectivity index is 1.28. The van der Waals surface area contributed by atoms with E-state index in [2.05, 4.69) is 41.4 Å². The number of carbonyl (C=O) groups is 1. The highest BCUT2D eigenvalue weighted by atomic mass is 16.5. The molecule has 0 radical (unpaired) electrons.